The maximum Gasteiger partial charge on any atom is 0.266 e. The van der Waals surface area contributed by atoms with Crippen LogP contribution in [0.25, 0.3) is 0 Å². The summed E-state index contributed by atoms with van der Waals surface area (Å²) in [6.07, 6.45) is 0. The third-order valence-corrected chi connectivity index (χ3v) is 4.52. The van der Waals surface area contributed by atoms with Crippen molar-refractivity contribution < 1.29 is 9.59 Å². The Morgan fingerprint density at radius 3 is 2.00 bits per heavy atom. The SMILES string of the molecule is O=C1c2ccccc2C(=O)N1c1cc(Cl)c(Br)cc1Cl. The first-order valence-electron chi connectivity index (χ1n) is 5.63. The van der Waals surface area contributed by atoms with E-state index in [0.29, 0.717) is 20.6 Å². The molecule has 0 saturated carbocycles. The minimum atomic E-state index is -0.397. The van der Waals surface area contributed by atoms with Crippen molar-refractivity contribution in [3.05, 3.63) is 62.0 Å². The molecule has 20 heavy (non-hydrogen) atoms. The molecule has 0 saturated heterocycles. The first-order valence-corrected chi connectivity index (χ1v) is 7.18. The molecule has 0 radical (unpaired) electrons. The number of fused-ring (bicyclic) bond motifs is 1. The number of halogens is 3. The van der Waals surface area contributed by atoms with Gasteiger partial charge in [-0.15, -0.1) is 0 Å². The molecular weight excluding hydrogens is 365 g/mol. The number of anilines is 1. The molecule has 6 heteroatoms. The van der Waals surface area contributed by atoms with Crippen molar-refractivity contribution in [2.45, 2.75) is 0 Å². The summed E-state index contributed by atoms with van der Waals surface area (Å²) in [6.45, 7) is 0. The molecule has 1 aliphatic heterocycles. The van der Waals surface area contributed by atoms with Crippen LogP contribution in [0.2, 0.25) is 10.0 Å². The molecule has 2 amide bonds. The van der Waals surface area contributed by atoms with Crippen molar-refractivity contribution in [1.29, 1.82) is 0 Å². The van der Waals surface area contributed by atoms with Crippen molar-refractivity contribution in [3.63, 3.8) is 0 Å². The smallest absolute Gasteiger partial charge is 0.266 e. The van der Waals surface area contributed by atoms with E-state index in [1.807, 2.05) is 0 Å². The molecule has 2 aromatic rings. The molecule has 0 bridgehead atoms. The van der Waals surface area contributed by atoms with Crippen LogP contribution in [0.4, 0.5) is 5.69 Å². The molecule has 1 heterocycles. The average molecular weight is 371 g/mol. The lowest BCUT2D eigenvalue weighted by molar-refractivity contribution is 0.0926. The van der Waals surface area contributed by atoms with Crippen molar-refractivity contribution in [1.82, 2.24) is 0 Å². The van der Waals surface area contributed by atoms with Crippen LogP contribution in [0.15, 0.2) is 40.9 Å². The normalized spacial score (nSPS) is 13.8. The second-order valence-corrected chi connectivity index (χ2v) is 5.88. The lowest BCUT2D eigenvalue weighted by Gasteiger charge is -2.16. The minimum Gasteiger partial charge on any atom is -0.268 e. The summed E-state index contributed by atoms with van der Waals surface area (Å²) in [5.74, 6) is -0.795. The first-order chi connectivity index (χ1) is 9.50. The van der Waals surface area contributed by atoms with Gasteiger partial charge in [0, 0.05) is 4.47 Å². The number of carbonyl (C=O) groups is 2. The molecule has 0 N–H and O–H groups in total. The van der Waals surface area contributed by atoms with E-state index < -0.39 is 11.8 Å². The van der Waals surface area contributed by atoms with Crippen LogP contribution in [0.5, 0.6) is 0 Å². The number of rotatable bonds is 1. The van der Waals surface area contributed by atoms with Gasteiger partial charge in [0.1, 0.15) is 0 Å². The van der Waals surface area contributed by atoms with E-state index in [-0.39, 0.29) is 10.7 Å². The number of carbonyl (C=O) groups excluding carboxylic acids is 2. The largest absolute Gasteiger partial charge is 0.268 e. The van der Waals surface area contributed by atoms with E-state index in [2.05, 4.69) is 15.9 Å². The zero-order valence-corrected chi connectivity index (χ0v) is 13.0. The molecule has 1 aliphatic rings. The van der Waals surface area contributed by atoms with E-state index >= 15 is 0 Å². The van der Waals surface area contributed by atoms with Gasteiger partial charge < -0.3 is 0 Å². The number of benzene rings is 2. The fourth-order valence-corrected chi connectivity index (χ4v) is 2.97. The van der Waals surface area contributed by atoms with Crippen molar-refractivity contribution >= 4 is 56.6 Å². The van der Waals surface area contributed by atoms with Gasteiger partial charge in [0.25, 0.3) is 11.8 Å². The van der Waals surface area contributed by atoms with E-state index in [1.165, 1.54) is 6.07 Å². The molecule has 3 nitrogen and oxygen atoms in total. The standard InChI is InChI=1S/C14H6BrCl2NO2/c15-9-5-11(17)12(6-10(9)16)18-13(19)7-3-1-2-4-8(7)14(18)20/h1-6H. The summed E-state index contributed by atoms with van der Waals surface area (Å²) in [4.78, 5) is 25.7. The highest BCUT2D eigenvalue weighted by atomic mass is 79.9. The Kier molecular flexibility index (Phi) is 3.32. The lowest BCUT2D eigenvalue weighted by Crippen LogP contribution is -2.29. The van der Waals surface area contributed by atoms with Crippen LogP contribution < -0.4 is 4.90 Å². The van der Waals surface area contributed by atoms with E-state index in [4.69, 9.17) is 23.2 Å². The third kappa shape index (κ3) is 1.95. The Morgan fingerprint density at radius 2 is 1.45 bits per heavy atom. The van der Waals surface area contributed by atoms with Gasteiger partial charge in [-0.2, -0.15) is 0 Å². The van der Waals surface area contributed by atoms with Crippen LogP contribution in [-0.4, -0.2) is 11.8 Å². The minimum absolute atomic E-state index is 0.274. The summed E-state index contributed by atoms with van der Waals surface area (Å²) >= 11 is 15.4. The summed E-state index contributed by atoms with van der Waals surface area (Å²) in [5.41, 5.74) is 1.02. The molecule has 0 fully saturated rings. The van der Waals surface area contributed by atoms with Crippen molar-refractivity contribution in [3.8, 4) is 0 Å². The summed E-state index contributed by atoms with van der Waals surface area (Å²) in [5, 5.41) is 0.650. The predicted octanol–water partition coefficient (Wildman–Crippen LogP) is 4.56. The zero-order valence-electron chi connectivity index (χ0n) is 9.86. The Labute approximate surface area is 133 Å². The van der Waals surface area contributed by atoms with Gasteiger partial charge >= 0.3 is 0 Å². The van der Waals surface area contributed by atoms with Crippen LogP contribution in [-0.2, 0) is 0 Å². The highest BCUT2D eigenvalue weighted by Crippen LogP contribution is 2.38. The fraction of sp³-hybridized carbons (Fsp3) is 0. The zero-order chi connectivity index (χ0) is 14.4. The van der Waals surface area contributed by atoms with E-state index in [9.17, 15) is 9.59 Å². The van der Waals surface area contributed by atoms with Gasteiger partial charge in [0.2, 0.25) is 0 Å². The lowest BCUT2D eigenvalue weighted by atomic mass is 10.1. The highest BCUT2D eigenvalue weighted by Gasteiger charge is 2.37. The van der Waals surface area contributed by atoms with Gasteiger partial charge in [-0.3, -0.25) is 9.59 Å². The number of hydrogen-bond acceptors (Lipinski definition) is 2. The van der Waals surface area contributed by atoms with Crippen molar-refractivity contribution in [2.24, 2.45) is 0 Å². The van der Waals surface area contributed by atoms with Crippen LogP contribution in [0, 0.1) is 0 Å². The van der Waals surface area contributed by atoms with Crippen LogP contribution in [0.1, 0.15) is 20.7 Å². The summed E-state index contributed by atoms with van der Waals surface area (Å²) in [7, 11) is 0. The second-order valence-electron chi connectivity index (χ2n) is 4.21. The van der Waals surface area contributed by atoms with Crippen molar-refractivity contribution in [2.75, 3.05) is 4.90 Å². The van der Waals surface area contributed by atoms with Gasteiger partial charge in [-0.25, -0.2) is 4.90 Å². The van der Waals surface area contributed by atoms with Gasteiger partial charge in [0.05, 0.1) is 26.9 Å². The fourth-order valence-electron chi connectivity index (χ4n) is 2.09. The molecule has 0 unspecified atom stereocenters. The molecule has 100 valence electrons. The molecule has 3 rings (SSSR count). The maximum absolute atomic E-state index is 12.3. The predicted molar refractivity (Wildman–Crippen MR) is 81.7 cm³/mol. The number of hydrogen-bond donors (Lipinski definition) is 0. The molecule has 0 spiro atoms. The van der Waals surface area contributed by atoms with Gasteiger partial charge in [0.15, 0.2) is 0 Å². The third-order valence-electron chi connectivity index (χ3n) is 3.02. The second kappa shape index (κ2) is 4.88. The first kappa shape index (κ1) is 13.6. The maximum atomic E-state index is 12.3. The average Bonchev–Trinajstić information content (AvgIpc) is 2.68. The molecular formula is C14H6BrCl2NO2. The van der Waals surface area contributed by atoms with E-state index in [1.54, 1.807) is 30.3 Å². The number of nitrogens with zero attached hydrogens (tertiary/aromatic N) is 1. The number of imide groups is 1. The topological polar surface area (TPSA) is 37.4 Å². The Bertz CT molecular complexity index is 726. The Hall–Kier alpha value is -1.36. The Morgan fingerprint density at radius 1 is 0.900 bits per heavy atom. The quantitative estimate of drug-likeness (QED) is 0.545. The van der Waals surface area contributed by atoms with Crippen LogP contribution >= 0.6 is 39.1 Å². The Balaban J connectivity index is 2.17. The highest BCUT2D eigenvalue weighted by molar-refractivity contribution is 9.10. The van der Waals surface area contributed by atoms with Gasteiger partial charge in [-0.1, -0.05) is 35.3 Å². The molecule has 0 aliphatic carbocycles. The number of amides is 2. The summed E-state index contributed by atoms with van der Waals surface area (Å²) in [6, 6.07) is 9.71. The molecule has 0 atom stereocenters. The van der Waals surface area contributed by atoms with Gasteiger partial charge in [-0.05, 0) is 40.2 Å². The monoisotopic (exact) mass is 369 g/mol. The van der Waals surface area contributed by atoms with Crippen LogP contribution in [0.3, 0.4) is 0 Å². The molecule has 2 aromatic carbocycles. The molecule has 0 aromatic heterocycles. The summed E-state index contributed by atoms with van der Waals surface area (Å²) < 4.78 is 0.601. The van der Waals surface area contributed by atoms with E-state index in [0.717, 1.165) is 4.90 Å².